The van der Waals surface area contributed by atoms with E-state index in [2.05, 4.69) is 21.4 Å². The average Bonchev–Trinajstić information content (AvgIpc) is 3.03. The second-order valence-electron chi connectivity index (χ2n) is 6.44. The minimum absolute atomic E-state index is 0.0307. The molecule has 3 rings (SSSR count). The van der Waals surface area contributed by atoms with E-state index >= 15 is 0 Å². The zero-order valence-electron chi connectivity index (χ0n) is 14.9. The van der Waals surface area contributed by atoms with Gasteiger partial charge in [-0.05, 0) is 63.2 Å². The van der Waals surface area contributed by atoms with Gasteiger partial charge in [0.05, 0.1) is 13.2 Å². The summed E-state index contributed by atoms with van der Waals surface area (Å²) in [5.41, 5.74) is 2.09. The highest BCUT2D eigenvalue weighted by Crippen LogP contribution is 2.27. The fourth-order valence-electron chi connectivity index (χ4n) is 3.38. The highest BCUT2D eigenvalue weighted by atomic mass is 16.5. The number of aromatic nitrogens is 2. The summed E-state index contributed by atoms with van der Waals surface area (Å²) >= 11 is 0. The van der Waals surface area contributed by atoms with Crippen LogP contribution >= 0.6 is 0 Å². The summed E-state index contributed by atoms with van der Waals surface area (Å²) in [6, 6.07) is 9.59. The molecule has 1 aromatic carbocycles. The number of carbonyl (C=O) groups is 1. The summed E-state index contributed by atoms with van der Waals surface area (Å²) in [5.74, 6) is 1.39. The van der Waals surface area contributed by atoms with E-state index in [4.69, 9.17) is 4.74 Å². The molecule has 6 nitrogen and oxygen atoms in total. The number of nitrogens with one attached hydrogen (secondary N) is 1. The summed E-state index contributed by atoms with van der Waals surface area (Å²) in [7, 11) is 1.99. The minimum atomic E-state index is 0.0307. The highest BCUT2D eigenvalue weighted by molar-refractivity contribution is 5.92. The third kappa shape index (κ3) is 4.60. The first-order valence-corrected chi connectivity index (χ1v) is 8.88. The number of hydrogen-bond donors (Lipinski definition) is 1. The predicted molar refractivity (Wildman–Crippen MR) is 97.9 cm³/mol. The number of nitrogens with zero attached hydrogens (tertiary/aromatic N) is 3. The van der Waals surface area contributed by atoms with Crippen molar-refractivity contribution in [1.82, 2.24) is 14.7 Å². The molecule has 134 valence electrons. The van der Waals surface area contributed by atoms with E-state index in [1.54, 1.807) is 0 Å². The van der Waals surface area contributed by atoms with Crippen molar-refractivity contribution in [2.45, 2.75) is 25.7 Å². The topological polar surface area (TPSA) is 59.4 Å². The molecule has 1 aliphatic rings. The molecule has 25 heavy (non-hydrogen) atoms. The number of aryl methyl sites for hydroxylation is 1. The van der Waals surface area contributed by atoms with Crippen LogP contribution in [0.2, 0.25) is 0 Å². The number of amides is 1. The van der Waals surface area contributed by atoms with E-state index in [1.165, 1.54) is 5.69 Å². The number of piperidine rings is 1. The van der Waals surface area contributed by atoms with Gasteiger partial charge in [0, 0.05) is 30.5 Å². The molecule has 2 heterocycles. The molecule has 0 atom stereocenters. The number of hydrogen-bond acceptors (Lipinski definition) is 4. The molecule has 1 aliphatic heterocycles. The Morgan fingerprint density at radius 1 is 1.24 bits per heavy atom. The molecule has 0 bridgehead atoms. The summed E-state index contributed by atoms with van der Waals surface area (Å²) in [4.78, 5) is 14.5. The van der Waals surface area contributed by atoms with E-state index in [0.717, 1.165) is 37.4 Å². The Kier molecular flexibility index (Phi) is 5.71. The Bertz CT molecular complexity index is 688. The van der Waals surface area contributed by atoms with Gasteiger partial charge in [-0.25, -0.2) is 0 Å². The minimum Gasteiger partial charge on any atom is -0.494 e. The van der Waals surface area contributed by atoms with E-state index in [1.807, 2.05) is 49.1 Å². The van der Waals surface area contributed by atoms with Crippen LogP contribution in [0, 0.1) is 0 Å². The summed E-state index contributed by atoms with van der Waals surface area (Å²) in [6.07, 6.45) is 3.98. The highest BCUT2D eigenvalue weighted by Gasteiger charge is 2.23. The maximum absolute atomic E-state index is 12.3. The van der Waals surface area contributed by atoms with Gasteiger partial charge in [-0.3, -0.25) is 14.4 Å². The van der Waals surface area contributed by atoms with Crippen LogP contribution in [0.4, 0.5) is 5.69 Å². The SMILES string of the molecule is CCOc1ccc(NC(=O)CN2CCC(c3ccnn3C)CC2)cc1. The van der Waals surface area contributed by atoms with E-state index < -0.39 is 0 Å². The van der Waals surface area contributed by atoms with Gasteiger partial charge in [0.2, 0.25) is 5.91 Å². The van der Waals surface area contributed by atoms with Crippen molar-refractivity contribution >= 4 is 11.6 Å². The molecule has 1 fully saturated rings. The predicted octanol–water partition coefficient (Wildman–Crippen LogP) is 2.64. The molecule has 2 aromatic rings. The largest absolute Gasteiger partial charge is 0.494 e. The number of carbonyl (C=O) groups excluding carboxylic acids is 1. The number of rotatable bonds is 6. The maximum atomic E-state index is 12.3. The van der Waals surface area contributed by atoms with Crippen LogP contribution in [0.1, 0.15) is 31.4 Å². The molecular formula is C19H26N4O2. The Labute approximate surface area is 148 Å². The third-order valence-electron chi connectivity index (χ3n) is 4.68. The van der Waals surface area contributed by atoms with Crippen molar-refractivity contribution in [3.05, 3.63) is 42.2 Å². The molecule has 0 saturated carbocycles. The Hall–Kier alpha value is -2.34. The number of anilines is 1. The molecule has 1 amide bonds. The van der Waals surface area contributed by atoms with Crippen LogP contribution < -0.4 is 10.1 Å². The van der Waals surface area contributed by atoms with Gasteiger partial charge < -0.3 is 10.1 Å². The Balaban J connectivity index is 1.45. The standard InChI is InChI=1S/C19H26N4O2/c1-3-25-17-6-4-16(5-7-17)21-19(24)14-23-12-9-15(10-13-23)18-8-11-20-22(18)2/h4-8,11,15H,3,9-10,12-14H2,1-2H3,(H,21,24). The normalized spacial score (nSPS) is 15.9. The van der Waals surface area contributed by atoms with Crippen LogP contribution in [0.3, 0.4) is 0 Å². The van der Waals surface area contributed by atoms with Crippen molar-refractivity contribution in [1.29, 1.82) is 0 Å². The molecule has 0 aliphatic carbocycles. The molecule has 6 heteroatoms. The van der Waals surface area contributed by atoms with E-state index in [0.29, 0.717) is 19.1 Å². The third-order valence-corrected chi connectivity index (χ3v) is 4.68. The van der Waals surface area contributed by atoms with Crippen LogP contribution in [-0.4, -0.2) is 46.8 Å². The van der Waals surface area contributed by atoms with E-state index in [-0.39, 0.29) is 5.91 Å². The molecule has 1 N–H and O–H groups in total. The number of benzene rings is 1. The van der Waals surface area contributed by atoms with Gasteiger partial charge in [-0.2, -0.15) is 5.10 Å². The smallest absolute Gasteiger partial charge is 0.238 e. The van der Waals surface area contributed by atoms with Crippen molar-refractivity contribution < 1.29 is 9.53 Å². The van der Waals surface area contributed by atoms with Gasteiger partial charge in [0.1, 0.15) is 5.75 Å². The van der Waals surface area contributed by atoms with Crippen LogP contribution in [0.15, 0.2) is 36.5 Å². The monoisotopic (exact) mass is 342 g/mol. The summed E-state index contributed by atoms with van der Waals surface area (Å²) in [6.45, 7) is 4.90. The van der Waals surface area contributed by atoms with Gasteiger partial charge in [-0.1, -0.05) is 0 Å². The van der Waals surface area contributed by atoms with Gasteiger partial charge in [0.15, 0.2) is 0 Å². The molecule has 1 saturated heterocycles. The maximum Gasteiger partial charge on any atom is 0.238 e. The first-order valence-electron chi connectivity index (χ1n) is 8.88. The van der Waals surface area contributed by atoms with Crippen molar-refractivity contribution in [2.75, 3.05) is 31.6 Å². The molecule has 0 spiro atoms. The summed E-state index contributed by atoms with van der Waals surface area (Å²) < 4.78 is 7.37. The first kappa shape index (κ1) is 17.5. The van der Waals surface area contributed by atoms with Crippen molar-refractivity contribution in [2.24, 2.45) is 7.05 Å². The Morgan fingerprint density at radius 3 is 2.56 bits per heavy atom. The average molecular weight is 342 g/mol. The fraction of sp³-hybridized carbons (Fsp3) is 0.474. The van der Waals surface area contributed by atoms with Crippen LogP contribution in [0.25, 0.3) is 0 Å². The van der Waals surface area contributed by atoms with Crippen LogP contribution in [0.5, 0.6) is 5.75 Å². The van der Waals surface area contributed by atoms with Gasteiger partial charge in [0.25, 0.3) is 0 Å². The first-order chi connectivity index (χ1) is 12.2. The Morgan fingerprint density at radius 2 is 1.96 bits per heavy atom. The number of likely N-dealkylation sites (tertiary alicyclic amines) is 1. The van der Waals surface area contributed by atoms with Crippen molar-refractivity contribution in [3.63, 3.8) is 0 Å². The quantitative estimate of drug-likeness (QED) is 0.877. The lowest BCUT2D eigenvalue weighted by molar-refractivity contribution is -0.117. The lowest BCUT2D eigenvalue weighted by Gasteiger charge is -2.31. The van der Waals surface area contributed by atoms with E-state index in [9.17, 15) is 4.79 Å². The molecule has 0 unspecified atom stereocenters. The second-order valence-corrected chi connectivity index (χ2v) is 6.44. The lowest BCUT2D eigenvalue weighted by atomic mass is 9.93. The summed E-state index contributed by atoms with van der Waals surface area (Å²) in [5, 5.41) is 7.21. The van der Waals surface area contributed by atoms with Crippen LogP contribution in [-0.2, 0) is 11.8 Å². The van der Waals surface area contributed by atoms with Gasteiger partial charge in [-0.15, -0.1) is 0 Å². The molecular weight excluding hydrogens is 316 g/mol. The second kappa shape index (κ2) is 8.16. The van der Waals surface area contributed by atoms with Gasteiger partial charge >= 0.3 is 0 Å². The zero-order valence-corrected chi connectivity index (χ0v) is 14.9. The zero-order chi connectivity index (χ0) is 17.6. The fourth-order valence-corrected chi connectivity index (χ4v) is 3.38. The van der Waals surface area contributed by atoms with Crippen molar-refractivity contribution in [3.8, 4) is 5.75 Å². The molecule has 1 aromatic heterocycles. The number of ether oxygens (including phenoxy) is 1. The lowest BCUT2D eigenvalue weighted by Crippen LogP contribution is -2.39. The molecule has 0 radical (unpaired) electrons.